The number of aryl methyl sites for hydroxylation is 1. The van der Waals surface area contributed by atoms with Crippen LogP contribution in [0.2, 0.25) is 5.02 Å². The van der Waals surface area contributed by atoms with Crippen LogP contribution >= 0.6 is 27.5 Å². The Hall–Kier alpha value is -4.80. The number of nitrogens with one attached hydrogen (secondary N) is 1. The van der Waals surface area contributed by atoms with Crippen LogP contribution in [0.25, 0.3) is 0 Å². The zero-order valence-corrected chi connectivity index (χ0v) is 29.0. The number of hydrazine groups is 1. The van der Waals surface area contributed by atoms with Crippen molar-refractivity contribution in [3.05, 3.63) is 135 Å². The van der Waals surface area contributed by atoms with E-state index in [1.165, 1.54) is 29.2 Å². The molecule has 1 saturated carbocycles. The smallest absolute Gasteiger partial charge is 0.260 e. The molecule has 3 fully saturated rings. The van der Waals surface area contributed by atoms with Gasteiger partial charge in [0.15, 0.2) is 0 Å². The molecule has 8 rings (SSSR count). The van der Waals surface area contributed by atoms with Crippen molar-refractivity contribution in [2.75, 3.05) is 10.3 Å². The van der Waals surface area contributed by atoms with Crippen LogP contribution < -0.4 is 10.3 Å². The van der Waals surface area contributed by atoms with Crippen LogP contribution in [0, 0.1) is 36.4 Å². The Bertz CT molecular complexity index is 2120. The van der Waals surface area contributed by atoms with Crippen LogP contribution in [-0.2, 0) is 24.6 Å². The summed E-state index contributed by atoms with van der Waals surface area (Å²) in [7, 11) is 0. The van der Waals surface area contributed by atoms with E-state index >= 15 is 4.79 Å². The summed E-state index contributed by atoms with van der Waals surface area (Å²) in [5.74, 6) is -5.69. The summed E-state index contributed by atoms with van der Waals surface area (Å²) in [4.78, 5) is 59.5. The molecule has 0 radical (unpaired) electrons. The SMILES string of the molecule is Cc1cc([C@H]2C3=CC[C@@H]4C(=O)N(c5ccc(Br)cc5)C(=O)[C@@H]4[C@@H]3C[C@H]3C(=O)N(Nc4ccc(F)cc4)C(=O)[C@@]23c2ccc(Cl)cc2)ccc1O. The molecule has 252 valence electrons. The molecule has 8 nitrogen and oxygen atoms in total. The number of allylic oxidation sites excluding steroid dienone is 2. The van der Waals surface area contributed by atoms with E-state index in [0.717, 1.165) is 15.1 Å². The van der Waals surface area contributed by atoms with Gasteiger partial charge >= 0.3 is 0 Å². The summed E-state index contributed by atoms with van der Waals surface area (Å²) in [6, 6.07) is 24.4. The van der Waals surface area contributed by atoms with Crippen LogP contribution in [0.5, 0.6) is 5.75 Å². The molecule has 2 N–H and O–H groups in total. The third kappa shape index (κ3) is 4.75. The number of imide groups is 2. The number of amides is 4. The number of hydrogen-bond acceptors (Lipinski definition) is 6. The maximum atomic E-state index is 15.2. The summed E-state index contributed by atoms with van der Waals surface area (Å²) >= 11 is 9.77. The number of nitrogens with zero attached hydrogens (tertiary/aromatic N) is 2. The molecule has 4 aromatic carbocycles. The fourth-order valence-corrected chi connectivity index (χ4v) is 9.12. The number of benzene rings is 4. The predicted molar refractivity (Wildman–Crippen MR) is 189 cm³/mol. The molecular weight excluding hydrogens is 725 g/mol. The largest absolute Gasteiger partial charge is 0.508 e. The predicted octanol–water partition coefficient (Wildman–Crippen LogP) is 7.45. The van der Waals surface area contributed by atoms with E-state index in [1.807, 2.05) is 12.1 Å². The van der Waals surface area contributed by atoms with Gasteiger partial charge in [0, 0.05) is 15.4 Å². The zero-order valence-electron chi connectivity index (χ0n) is 26.6. The highest BCUT2D eigenvalue weighted by atomic mass is 79.9. The molecule has 0 aromatic heterocycles. The number of halogens is 3. The number of anilines is 2. The minimum absolute atomic E-state index is 0.0750. The van der Waals surface area contributed by atoms with Crippen LogP contribution in [0.15, 0.2) is 107 Å². The van der Waals surface area contributed by atoms with E-state index in [1.54, 1.807) is 67.6 Å². The van der Waals surface area contributed by atoms with Crippen LogP contribution in [0.3, 0.4) is 0 Å². The van der Waals surface area contributed by atoms with Crippen molar-refractivity contribution in [1.29, 1.82) is 0 Å². The summed E-state index contributed by atoms with van der Waals surface area (Å²) in [5, 5.41) is 12.0. The third-order valence-electron chi connectivity index (χ3n) is 10.9. The van der Waals surface area contributed by atoms with Gasteiger partial charge in [0.25, 0.3) is 11.8 Å². The second-order valence-electron chi connectivity index (χ2n) is 13.4. The quantitative estimate of drug-likeness (QED) is 0.162. The van der Waals surface area contributed by atoms with Gasteiger partial charge in [-0.3, -0.25) is 29.5 Å². The Balaban J connectivity index is 1.32. The Morgan fingerprint density at radius 1 is 0.880 bits per heavy atom. The standard InChI is InChI=1S/C39H30BrClFN3O5/c1-20-18-21(2-17-32(20)46)34-28-15-16-29-33(37(49)44(35(29)47)27-13-5-23(40)6-14-27)30(28)19-31-36(48)45(43-26-11-9-25(42)10-12-26)38(50)39(31,34)22-3-7-24(41)8-4-22/h2-15,17-18,29-31,33-34,43,46H,16,19H2,1H3/t29-,30+,31-,33-,34-,39+/m0/s1. The van der Waals surface area contributed by atoms with Gasteiger partial charge < -0.3 is 5.11 Å². The van der Waals surface area contributed by atoms with Crippen molar-refractivity contribution in [1.82, 2.24) is 5.01 Å². The molecule has 50 heavy (non-hydrogen) atoms. The van der Waals surface area contributed by atoms with Gasteiger partial charge in [-0.15, -0.1) is 0 Å². The lowest BCUT2D eigenvalue weighted by Gasteiger charge is -2.50. The van der Waals surface area contributed by atoms with E-state index < -0.39 is 52.6 Å². The maximum absolute atomic E-state index is 15.2. The number of phenolic OH excluding ortho intramolecular Hbond substituents is 1. The first-order valence-corrected chi connectivity index (χ1v) is 17.5. The molecule has 4 aliphatic rings. The number of fused-ring (bicyclic) bond motifs is 4. The minimum Gasteiger partial charge on any atom is -0.508 e. The molecule has 4 amide bonds. The van der Waals surface area contributed by atoms with E-state index in [-0.39, 0.29) is 30.4 Å². The second-order valence-corrected chi connectivity index (χ2v) is 14.8. The Morgan fingerprint density at radius 2 is 1.58 bits per heavy atom. The van der Waals surface area contributed by atoms with Crippen molar-refractivity contribution in [3.63, 3.8) is 0 Å². The molecule has 4 aromatic rings. The Morgan fingerprint density at radius 3 is 2.26 bits per heavy atom. The first kappa shape index (κ1) is 32.4. The summed E-state index contributed by atoms with van der Waals surface area (Å²) < 4.78 is 14.6. The van der Waals surface area contributed by atoms with Crippen molar-refractivity contribution in [2.45, 2.75) is 31.1 Å². The average molecular weight is 755 g/mol. The maximum Gasteiger partial charge on any atom is 0.260 e. The van der Waals surface area contributed by atoms with Crippen molar-refractivity contribution < 1.29 is 28.7 Å². The second kappa shape index (κ2) is 11.9. The van der Waals surface area contributed by atoms with E-state index in [9.17, 15) is 23.9 Å². The van der Waals surface area contributed by atoms with Crippen LogP contribution in [0.4, 0.5) is 15.8 Å². The van der Waals surface area contributed by atoms with Gasteiger partial charge in [-0.25, -0.2) is 4.39 Å². The van der Waals surface area contributed by atoms with Crippen LogP contribution in [-0.4, -0.2) is 33.7 Å². The van der Waals surface area contributed by atoms with Gasteiger partial charge in [0.1, 0.15) is 11.6 Å². The van der Waals surface area contributed by atoms with E-state index in [2.05, 4.69) is 21.4 Å². The fraction of sp³-hybridized carbons (Fsp3) is 0.231. The first-order valence-electron chi connectivity index (χ1n) is 16.3. The number of hydrogen-bond donors (Lipinski definition) is 2. The molecule has 0 bridgehead atoms. The van der Waals surface area contributed by atoms with Crippen molar-refractivity contribution in [3.8, 4) is 5.75 Å². The highest BCUT2D eigenvalue weighted by Gasteiger charge is 2.70. The summed E-state index contributed by atoms with van der Waals surface area (Å²) in [6.45, 7) is 1.76. The summed E-state index contributed by atoms with van der Waals surface area (Å²) in [5.41, 5.74) is 4.89. The fourth-order valence-electron chi connectivity index (χ4n) is 8.73. The van der Waals surface area contributed by atoms with Gasteiger partial charge in [-0.2, -0.15) is 5.01 Å². The normalized spacial score (nSPS) is 27.2. The molecule has 0 unspecified atom stereocenters. The zero-order chi connectivity index (χ0) is 35.1. The third-order valence-corrected chi connectivity index (χ3v) is 11.7. The molecule has 11 heteroatoms. The van der Waals surface area contributed by atoms with Crippen LogP contribution in [0.1, 0.15) is 35.4 Å². The lowest BCUT2D eigenvalue weighted by molar-refractivity contribution is -0.138. The van der Waals surface area contributed by atoms with E-state index in [4.69, 9.17) is 11.6 Å². The molecule has 0 spiro atoms. The molecule has 6 atom stereocenters. The van der Waals surface area contributed by atoms with Gasteiger partial charge in [0.05, 0.1) is 34.5 Å². The number of carbonyl (C=O) groups excluding carboxylic acids is 4. The van der Waals surface area contributed by atoms with Gasteiger partial charge in [0.2, 0.25) is 11.8 Å². The lowest BCUT2D eigenvalue weighted by Crippen LogP contribution is -2.53. The minimum atomic E-state index is -1.50. The first-order chi connectivity index (χ1) is 24.0. The molecule has 2 heterocycles. The van der Waals surface area contributed by atoms with Gasteiger partial charge in [-0.1, -0.05) is 63.4 Å². The molecular formula is C39H30BrClFN3O5. The van der Waals surface area contributed by atoms with Crippen molar-refractivity contribution >= 4 is 62.5 Å². The number of rotatable bonds is 5. The average Bonchev–Trinajstić information content (AvgIpc) is 3.48. The topological polar surface area (TPSA) is 107 Å². The molecule has 2 saturated heterocycles. The lowest BCUT2D eigenvalue weighted by atomic mass is 9.49. The highest BCUT2D eigenvalue weighted by molar-refractivity contribution is 9.10. The molecule has 2 aliphatic carbocycles. The Kier molecular flexibility index (Phi) is 7.72. The van der Waals surface area contributed by atoms with E-state index in [0.29, 0.717) is 33.1 Å². The highest BCUT2D eigenvalue weighted by Crippen LogP contribution is 2.64. The number of phenols is 1. The Labute approximate surface area is 300 Å². The monoisotopic (exact) mass is 753 g/mol. The number of aromatic hydroxyl groups is 1. The van der Waals surface area contributed by atoms with Crippen molar-refractivity contribution in [2.24, 2.45) is 23.7 Å². The molecule has 2 aliphatic heterocycles. The van der Waals surface area contributed by atoms with Gasteiger partial charge in [-0.05, 0) is 109 Å². The summed E-state index contributed by atoms with van der Waals surface area (Å²) in [6.07, 6.45) is 2.39. The number of carbonyl (C=O) groups is 4.